The average molecular weight is 218 g/mol. The first-order valence-corrected chi connectivity index (χ1v) is 5.50. The van der Waals surface area contributed by atoms with E-state index in [1.807, 2.05) is 13.0 Å². The quantitative estimate of drug-likeness (QED) is 0.823. The molecule has 0 aliphatic heterocycles. The van der Waals surface area contributed by atoms with Crippen LogP contribution in [0.25, 0.3) is 11.0 Å². The smallest absolute Gasteiger partial charge is 0.104 e. The van der Waals surface area contributed by atoms with Crippen LogP contribution in [0.1, 0.15) is 5.82 Å². The topological polar surface area (TPSA) is 44.0 Å². The zero-order valence-electron chi connectivity index (χ0n) is 10.0. The molecular formula is C12H18N4. The van der Waals surface area contributed by atoms with Gasteiger partial charge >= 0.3 is 0 Å². The van der Waals surface area contributed by atoms with Gasteiger partial charge in [0.25, 0.3) is 0 Å². The molecule has 2 rings (SSSR count). The van der Waals surface area contributed by atoms with Crippen LogP contribution < -0.4 is 5.32 Å². The number of hydrogen-bond acceptors (Lipinski definition) is 3. The Morgan fingerprint density at radius 2 is 2.19 bits per heavy atom. The van der Waals surface area contributed by atoms with Crippen molar-refractivity contribution in [2.24, 2.45) is 0 Å². The van der Waals surface area contributed by atoms with Gasteiger partial charge in [-0.2, -0.15) is 0 Å². The number of anilines is 1. The van der Waals surface area contributed by atoms with Gasteiger partial charge in [-0.3, -0.25) is 0 Å². The highest BCUT2D eigenvalue weighted by Gasteiger charge is 2.00. The fourth-order valence-electron chi connectivity index (χ4n) is 1.67. The first-order chi connectivity index (χ1) is 7.65. The predicted octanol–water partition coefficient (Wildman–Crippen LogP) is 1.84. The van der Waals surface area contributed by atoms with Gasteiger partial charge in [0.15, 0.2) is 0 Å². The Morgan fingerprint density at radius 1 is 1.38 bits per heavy atom. The van der Waals surface area contributed by atoms with Gasteiger partial charge in [0.1, 0.15) is 5.82 Å². The Kier molecular flexibility index (Phi) is 3.10. The van der Waals surface area contributed by atoms with E-state index in [4.69, 9.17) is 0 Å². The molecule has 2 aromatic rings. The molecule has 0 amide bonds. The van der Waals surface area contributed by atoms with Crippen LogP contribution >= 0.6 is 0 Å². The highest BCUT2D eigenvalue weighted by Crippen LogP contribution is 2.16. The Morgan fingerprint density at radius 3 is 2.94 bits per heavy atom. The predicted molar refractivity (Wildman–Crippen MR) is 67.9 cm³/mol. The van der Waals surface area contributed by atoms with Crippen LogP contribution in [0.2, 0.25) is 0 Å². The number of aromatic amines is 1. The van der Waals surface area contributed by atoms with Crippen molar-refractivity contribution in [3.05, 3.63) is 24.0 Å². The minimum Gasteiger partial charge on any atom is -0.384 e. The molecular weight excluding hydrogens is 200 g/mol. The molecule has 1 aromatic carbocycles. The van der Waals surface area contributed by atoms with Crippen LogP contribution in [0.15, 0.2) is 18.2 Å². The van der Waals surface area contributed by atoms with E-state index >= 15 is 0 Å². The third-order valence-electron chi connectivity index (χ3n) is 2.49. The molecule has 4 heteroatoms. The number of imidazole rings is 1. The van der Waals surface area contributed by atoms with Crippen LogP contribution in [-0.2, 0) is 0 Å². The molecule has 0 saturated heterocycles. The van der Waals surface area contributed by atoms with Crippen molar-refractivity contribution in [1.82, 2.24) is 14.9 Å². The summed E-state index contributed by atoms with van der Waals surface area (Å²) in [5, 5.41) is 3.39. The van der Waals surface area contributed by atoms with Gasteiger partial charge in [-0.25, -0.2) is 4.98 Å². The molecule has 0 bridgehead atoms. The Hall–Kier alpha value is -1.55. The van der Waals surface area contributed by atoms with Gasteiger partial charge in [0.2, 0.25) is 0 Å². The Bertz CT molecular complexity index is 473. The van der Waals surface area contributed by atoms with Crippen molar-refractivity contribution < 1.29 is 0 Å². The highest BCUT2D eigenvalue weighted by atomic mass is 15.1. The molecule has 2 N–H and O–H groups in total. The number of nitrogens with zero attached hydrogens (tertiary/aromatic N) is 2. The zero-order valence-corrected chi connectivity index (χ0v) is 10.0. The van der Waals surface area contributed by atoms with Crippen molar-refractivity contribution in [2.75, 3.05) is 32.5 Å². The number of benzene rings is 1. The molecule has 4 nitrogen and oxygen atoms in total. The summed E-state index contributed by atoms with van der Waals surface area (Å²) in [6, 6.07) is 6.21. The van der Waals surface area contributed by atoms with Gasteiger partial charge in [0, 0.05) is 18.8 Å². The van der Waals surface area contributed by atoms with Crippen LogP contribution in [0, 0.1) is 6.92 Å². The monoisotopic (exact) mass is 218 g/mol. The molecule has 0 radical (unpaired) electrons. The van der Waals surface area contributed by atoms with E-state index in [1.54, 1.807) is 0 Å². The van der Waals surface area contributed by atoms with E-state index < -0.39 is 0 Å². The molecule has 0 fully saturated rings. The number of aromatic nitrogens is 2. The number of nitrogens with one attached hydrogen (secondary N) is 2. The number of aryl methyl sites for hydroxylation is 1. The first kappa shape index (κ1) is 11.0. The number of rotatable bonds is 4. The summed E-state index contributed by atoms with van der Waals surface area (Å²) < 4.78 is 0. The first-order valence-electron chi connectivity index (χ1n) is 5.50. The lowest BCUT2D eigenvalue weighted by molar-refractivity contribution is 0.425. The van der Waals surface area contributed by atoms with Gasteiger partial charge < -0.3 is 15.2 Å². The number of H-pyrrole nitrogens is 1. The highest BCUT2D eigenvalue weighted by molar-refractivity contribution is 5.79. The van der Waals surface area contributed by atoms with Crippen LogP contribution in [-0.4, -0.2) is 42.1 Å². The number of fused-ring (bicyclic) bond motifs is 1. The molecule has 16 heavy (non-hydrogen) atoms. The van der Waals surface area contributed by atoms with Crippen molar-refractivity contribution in [1.29, 1.82) is 0 Å². The lowest BCUT2D eigenvalue weighted by atomic mass is 10.3. The van der Waals surface area contributed by atoms with Crippen molar-refractivity contribution in [3.63, 3.8) is 0 Å². The van der Waals surface area contributed by atoms with Crippen LogP contribution in [0.4, 0.5) is 5.69 Å². The van der Waals surface area contributed by atoms with E-state index in [9.17, 15) is 0 Å². The maximum atomic E-state index is 4.37. The van der Waals surface area contributed by atoms with Gasteiger partial charge in [-0.05, 0) is 39.2 Å². The maximum Gasteiger partial charge on any atom is 0.104 e. The summed E-state index contributed by atoms with van der Waals surface area (Å²) in [4.78, 5) is 9.77. The number of hydrogen-bond donors (Lipinski definition) is 2. The summed E-state index contributed by atoms with van der Waals surface area (Å²) in [5.74, 6) is 0.959. The molecule has 1 aromatic heterocycles. The molecule has 0 spiro atoms. The summed E-state index contributed by atoms with van der Waals surface area (Å²) >= 11 is 0. The summed E-state index contributed by atoms with van der Waals surface area (Å²) in [6.45, 7) is 3.95. The van der Waals surface area contributed by atoms with Gasteiger partial charge in [0.05, 0.1) is 11.0 Å². The normalized spacial score (nSPS) is 11.2. The third-order valence-corrected chi connectivity index (χ3v) is 2.49. The molecule has 1 heterocycles. The molecule has 0 aliphatic rings. The second-order valence-electron chi connectivity index (χ2n) is 4.28. The van der Waals surface area contributed by atoms with E-state index in [2.05, 4.69) is 46.4 Å². The molecule has 0 unspecified atom stereocenters. The maximum absolute atomic E-state index is 4.37. The van der Waals surface area contributed by atoms with Gasteiger partial charge in [-0.1, -0.05) is 0 Å². The van der Waals surface area contributed by atoms with Crippen molar-refractivity contribution >= 4 is 16.7 Å². The molecule has 0 saturated carbocycles. The minimum atomic E-state index is 0.950. The largest absolute Gasteiger partial charge is 0.384 e. The fraction of sp³-hybridized carbons (Fsp3) is 0.417. The van der Waals surface area contributed by atoms with Crippen LogP contribution in [0.5, 0.6) is 0 Å². The Labute approximate surface area is 95.7 Å². The van der Waals surface area contributed by atoms with Gasteiger partial charge in [-0.15, -0.1) is 0 Å². The lowest BCUT2D eigenvalue weighted by Gasteiger charge is -2.11. The minimum absolute atomic E-state index is 0.950. The van der Waals surface area contributed by atoms with E-state index in [-0.39, 0.29) is 0 Å². The number of likely N-dealkylation sites (N-methyl/N-ethyl adjacent to an activating group) is 1. The molecule has 0 atom stereocenters. The molecule has 86 valence electrons. The summed E-state index contributed by atoms with van der Waals surface area (Å²) in [5.41, 5.74) is 3.25. The lowest BCUT2D eigenvalue weighted by Crippen LogP contribution is -2.20. The third kappa shape index (κ3) is 2.52. The van der Waals surface area contributed by atoms with Crippen LogP contribution in [0.3, 0.4) is 0 Å². The van der Waals surface area contributed by atoms with Crippen molar-refractivity contribution in [2.45, 2.75) is 6.92 Å². The second kappa shape index (κ2) is 4.53. The van der Waals surface area contributed by atoms with E-state index in [0.717, 1.165) is 35.6 Å². The van der Waals surface area contributed by atoms with E-state index in [1.165, 1.54) is 0 Å². The fourth-order valence-corrected chi connectivity index (χ4v) is 1.67. The molecule has 0 aliphatic carbocycles. The Balaban J connectivity index is 2.07. The standard InChI is InChI=1S/C12H18N4/c1-9-14-11-5-4-10(8-12(11)15-9)13-6-7-16(2)3/h4-5,8,13H,6-7H2,1-3H3,(H,14,15). The second-order valence-corrected chi connectivity index (χ2v) is 4.28. The summed E-state index contributed by atoms with van der Waals surface area (Å²) in [6.07, 6.45) is 0. The summed E-state index contributed by atoms with van der Waals surface area (Å²) in [7, 11) is 4.15. The zero-order chi connectivity index (χ0) is 11.5. The van der Waals surface area contributed by atoms with Crippen molar-refractivity contribution in [3.8, 4) is 0 Å². The average Bonchev–Trinajstić information content (AvgIpc) is 2.56. The van der Waals surface area contributed by atoms with E-state index in [0.29, 0.717) is 0 Å². The SMILES string of the molecule is Cc1nc2ccc(NCCN(C)C)cc2[nH]1.